The van der Waals surface area contributed by atoms with Crippen LogP contribution in [0.3, 0.4) is 0 Å². The zero-order valence-corrected chi connectivity index (χ0v) is 9.32. The van der Waals surface area contributed by atoms with E-state index >= 15 is 0 Å². The molecule has 0 heterocycles. The maximum Gasteiger partial charge on any atom is 0.129 e. The summed E-state index contributed by atoms with van der Waals surface area (Å²) in [7, 11) is 0. The van der Waals surface area contributed by atoms with Gasteiger partial charge in [0.25, 0.3) is 0 Å². The summed E-state index contributed by atoms with van der Waals surface area (Å²) in [5.74, 6) is -0.875. The van der Waals surface area contributed by atoms with Crippen LogP contribution in [0.4, 0.5) is 8.78 Å². The van der Waals surface area contributed by atoms with Crippen molar-refractivity contribution in [2.45, 2.75) is 12.5 Å². The Morgan fingerprint density at radius 3 is 2.12 bits per heavy atom. The summed E-state index contributed by atoms with van der Waals surface area (Å²) < 4.78 is 26.4. The van der Waals surface area contributed by atoms with Crippen LogP contribution < -0.4 is 0 Å². The summed E-state index contributed by atoms with van der Waals surface area (Å²) in [6.45, 7) is 1.48. The molecular formula is C14H12F2O. The molecule has 1 unspecified atom stereocenters. The molecule has 0 saturated carbocycles. The molecule has 0 saturated heterocycles. The average Bonchev–Trinajstić information content (AvgIpc) is 2.30. The molecule has 0 spiro atoms. The number of hydrogen-bond donors (Lipinski definition) is 1. The Balaban J connectivity index is 2.49. The second kappa shape index (κ2) is 4.26. The van der Waals surface area contributed by atoms with E-state index in [9.17, 15) is 13.9 Å². The van der Waals surface area contributed by atoms with Crippen LogP contribution in [0.1, 0.15) is 18.1 Å². The van der Waals surface area contributed by atoms with E-state index in [0.717, 1.165) is 0 Å². The molecule has 0 amide bonds. The Morgan fingerprint density at radius 1 is 0.941 bits per heavy atom. The minimum absolute atomic E-state index is 0.173. The third-order valence-corrected chi connectivity index (χ3v) is 2.80. The molecule has 1 N–H and O–H groups in total. The Labute approximate surface area is 98.3 Å². The average molecular weight is 234 g/mol. The predicted octanol–water partition coefficient (Wildman–Crippen LogP) is 3.22. The van der Waals surface area contributed by atoms with Gasteiger partial charge in [0.05, 0.1) is 0 Å². The molecule has 17 heavy (non-hydrogen) atoms. The maximum atomic E-state index is 13.6. The van der Waals surface area contributed by atoms with Crippen LogP contribution in [0.15, 0.2) is 48.5 Å². The summed E-state index contributed by atoms with van der Waals surface area (Å²) in [6.07, 6.45) is 0. The summed E-state index contributed by atoms with van der Waals surface area (Å²) in [5, 5.41) is 10.4. The highest BCUT2D eigenvalue weighted by Gasteiger charge is 2.28. The molecule has 2 rings (SSSR count). The van der Waals surface area contributed by atoms with Crippen molar-refractivity contribution in [3.8, 4) is 0 Å². The van der Waals surface area contributed by atoms with Crippen molar-refractivity contribution in [1.29, 1.82) is 0 Å². The fraction of sp³-hybridized carbons (Fsp3) is 0.143. The van der Waals surface area contributed by atoms with Crippen LogP contribution in [0, 0.1) is 11.6 Å². The van der Waals surface area contributed by atoms with Gasteiger partial charge in [-0.1, -0.05) is 30.3 Å². The fourth-order valence-corrected chi connectivity index (χ4v) is 1.79. The highest BCUT2D eigenvalue weighted by Crippen LogP contribution is 2.30. The molecule has 1 nitrogen and oxygen atoms in total. The molecule has 88 valence electrons. The second-order valence-electron chi connectivity index (χ2n) is 4.06. The maximum absolute atomic E-state index is 13.6. The van der Waals surface area contributed by atoms with Crippen molar-refractivity contribution >= 4 is 0 Å². The minimum atomic E-state index is -1.47. The van der Waals surface area contributed by atoms with Gasteiger partial charge in [-0.05, 0) is 30.7 Å². The molecule has 1 atom stereocenters. The highest BCUT2D eigenvalue weighted by molar-refractivity contribution is 5.35. The van der Waals surface area contributed by atoms with Crippen molar-refractivity contribution in [3.05, 3.63) is 71.3 Å². The molecule has 0 aliphatic heterocycles. The molecular weight excluding hydrogens is 222 g/mol. The first-order chi connectivity index (χ1) is 8.01. The zero-order chi connectivity index (χ0) is 12.5. The van der Waals surface area contributed by atoms with Crippen molar-refractivity contribution in [2.24, 2.45) is 0 Å². The van der Waals surface area contributed by atoms with E-state index in [1.54, 1.807) is 12.1 Å². The van der Waals surface area contributed by atoms with E-state index in [4.69, 9.17) is 0 Å². The lowest BCUT2D eigenvalue weighted by Gasteiger charge is -2.24. The van der Waals surface area contributed by atoms with E-state index in [1.165, 1.54) is 43.3 Å². The number of rotatable bonds is 2. The minimum Gasteiger partial charge on any atom is -0.381 e. The van der Waals surface area contributed by atoms with Gasteiger partial charge in [0.1, 0.15) is 17.2 Å². The third kappa shape index (κ3) is 2.19. The van der Waals surface area contributed by atoms with Gasteiger partial charge in [-0.15, -0.1) is 0 Å². The molecule has 0 aliphatic carbocycles. The summed E-state index contributed by atoms with van der Waals surface area (Å²) >= 11 is 0. The Morgan fingerprint density at radius 2 is 1.53 bits per heavy atom. The van der Waals surface area contributed by atoms with Gasteiger partial charge in [-0.2, -0.15) is 0 Å². The summed E-state index contributed by atoms with van der Waals surface area (Å²) in [6, 6.07) is 11.4. The fourth-order valence-electron chi connectivity index (χ4n) is 1.79. The number of halogens is 2. The van der Waals surface area contributed by atoms with Crippen molar-refractivity contribution in [2.75, 3.05) is 0 Å². The van der Waals surface area contributed by atoms with E-state index < -0.39 is 17.2 Å². The Hall–Kier alpha value is -1.74. The smallest absolute Gasteiger partial charge is 0.129 e. The van der Waals surface area contributed by atoms with Crippen LogP contribution in [-0.2, 0) is 5.60 Å². The molecule has 0 fully saturated rings. The predicted molar refractivity (Wildman–Crippen MR) is 61.5 cm³/mol. The van der Waals surface area contributed by atoms with Crippen molar-refractivity contribution in [3.63, 3.8) is 0 Å². The first kappa shape index (κ1) is 11.7. The molecule has 0 aromatic heterocycles. The standard InChI is InChI=1S/C14H12F2O/c1-14(17,10-6-8-11(15)9-7-10)12-4-2-3-5-13(12)16/h2-9,17H,1H3. The van der Waals surface area contributed by atoms with Crippen LogP contribution >= 0.6 is 0 Å². The van der Waals surface area contributed by atoms with Gasteiger partial charge in [-0.3, -0.25) is 0 Å². The summed E-state index contributed by atoms with van der Waals surface area (Å²) in [4.78, 5) is 0. The Bertz CT molecular complexity index is 518. The van der Waals surface area contributed by atoms with Gasteiger partial charge < -0.3 is 5.11 Å². The SMILES string of the molecule is CC(O)(c1ccc(F)cc1)c1ccccc1F. The largest absolute Gasteiger partial charge is 0.381 e. The first-order valence-electron chi connectivity index (χ1n) is 5.25. The van der Waals surface area contributed by atoms with Gasteiger partial charge in [-0.25, -0.2) is 8.78 Å². The molecule has 2 aromatic carbocycles. The molecule has 0 aliphatic rings. The van der Waals surface area contributed by atoms with E-state index in [-0.39, 0.29) is 5.56 Å². The van der Waals surface area contributed by atoms with E-state index in [0.29, 0.717) is 5.56 Å². The zero-order valence-electron chi connectivity index (χ0n) is 9.32. The topological polar surface area (TPSA) is 20.2 Å². The van der Waals surface area contributed by atoms with Gasteiger partial charge in [0.15, 0.2) is 0 Å². The first-order valence-corrected chi connectivity index (χ1v) is 5.25. The van der Waals surface area contributed by atoms with E-state index in [1.807, 2.05) is 0 Å². The van der Waals surface area contributed by atoms with Gasteiger partial charge >= 0.3 is 0 Å². The van der Waals surface area contributed by atoms with Crippen LogP contribution in [0.2, 0.25) is 0 Å². The lowest BCUT2D eigenvalue weighted by Crippen LogP contribution is -2.24. The van der Waals surface area contributed by atoms with Crippen LogP contribution in [0.5, 0.6) is 0 Å². The Kier molecular flexibility index (Phi) is 2.94. The van der Waals surface area contributed by atoms with Crippen molar-refractivity contribution < 1.29 is 13.9 Å². The molecule has 0 bridgehead atoms. The molecule has 0 radical (unpaired) electrons. The molecule has 2 aromatic rings. The third-order valence-electron chi connectivity index (χ3n) is 2.80. The second-order valence-corrected chi connectivity index (χ2v) is 4.06. The number of aliphatic hydroxyl groups is 1. The highest BCUT2D eigenvalue weighted by atomic mass is 19.1. The number of hydrogen-bond acceptors (Lipinski definition) is 1. The quantitative estimate of drug-likeness (QED) is 0.845. The lowest BCUT2D eigenvalue weighted by molar-refractivity contribution is 0.0979. The summed E-state index contributed by atoms with van der Waals surface area (Å²) in [5.41, 5.74) is -0.852. The normalized spacial score (nSPS) is 14.4. The lowest BCUT2D eigenvalue weighted by atomic mass is 9.88. The monoisotopic (exact) mass is 234 g/mol. The van der Waals surface area contributed by atoms with E-state index in [2.05, 4.69) is 0 Å². The van der Waals surface area contributed by atoms with Gasteiger partial charge in [0.2, 0.25) is 0 Å². The van der Waals surface area contributed by atoms with Crippen molar-refractivity contribution in [1.82, 2.24) is 0 Å². The number of benzene rings is 2. The van der Waals surface area contributed by atoms with Gasteiger partial charge in [0, 0.05) is 5.56 Å². The molecule has 3 heteroatoms. The van der Waals surface area contributed by atoms with Crippen LogP contribution in [0.25, 0.3) is 0 Å². The van der Waals surface area contributed by atoms with Crippen LogP contribution in [-0.4, -0.2) is 5.11 Å².